The number of pyridine rings is 1. The molecule has 1 heterocycles. The van der Waals surface area contributed by atoms with Crippen molar-refractivity contribution in [3.05, 3.63) is 33.6 Å². The van der Waals surface area contributed by atoms with E-state index < -0.39 is 28.3 Å². The fourth-order valence-corrected chi connectivity index (χ4v) is 0.828. The molecule has 0 unspecified atom stereocenters. The van der Waals surface area contributed by atoms with Crippen LogP contribution in [0.4, 0.5) is 14.5 Å². The highest BCUT2D eigenvalue weighted by Crippen LogP contribution is 2.22. The lowest BCUT2D eigenvalue weighted by Gasteiger charge is -1.99. The normalized spacial score (nSPS) is 9.86. The molecule has 1 aromatic rings. The molecule has 0 aliphatic heterocycles. The third-order valence-corrected chi connectivity index (χ3v) is 1.44. The van der Waals surface area contributed by atoms with Crippen LogP contribution in [0.3, 0.4) is 0 Å². The molecule has 1 aromatic heterocycles. The van der Waals surface area contributed by atoms with Crippen LogP contribution in [0.1, 0.15) is 17.7 Å². The molecule has 0 aromatic carbocycles. The summed E-state index contributed by atoms with van der Waals surface area (Å²) in [4.78, 5) is 12.6. The molecule has 0 fully saturated rings. The number of nitro groups is 1. The van der Waals surface area contributed by atoms with Crippen LogP contribution in [0.5, 0.6) is 0 Å². The quantitative estimate of drug-likeness (QED) is 0.537. The van der Waals surface area contributed by atoms with Gasteiger partial charge < -0.3 is 0 Å². The van der Waals surface area contributed by atoms with Gasteiger partial charge in [0.25, 0.3) is 12.1 Å². The second-order valence-corrected chi connectivity index (χ2v) is 2.30. The average molecular weight is 199 g/mol. The van der Waals surface area contributed by atoms with Crippen molar-refractivity contribution in [2.75, 3.05) is 0 Å². The molecule has 1 rings (SSSR count). The molecule has 0 amide bonds. The number of alkyl halides is 2. The summed E-state index contributed by atoms with van der Waals surface area (Å²) in [7, 11) is 0. The largest absolute Gasteiger partial charge is 0.288 e. The monoisotopic (exact) mass is 199 g/mol. The van der Waals surface area contributed by atoms with Crippen molar-refractivity contribution in [2.45, 2.75) is 6.43 Å². The number of hydrogen-bond acceptors (Lipinski definition) is 4. The number of aromatic nitrogens is 1. The lowest BCUT2D eigenvalue weighted by Crippen LogP contribution is -1.98. The zero-order valence-corrected chi connectivity index (χ0v) is 6.65. The van der Waals surface area contributed by atoms with Gasteiger partial charge in [-0.05, 0) is 0 Å². The van der Waals surface area contributed by atoms with E-state index in [1.165, 1.54) is 6.07 Å². The van der Waals surface area contributed by atoms with Gasteiger partial charge >= 0.3 is 0 Å². The number of nitrogens with zero attached hydrogens (tertiary/aromatic N) is 3. The lowest BCUT2D eigenvalue weighted by molar-refractivity contribution is -0.385. The predicted molar refractivity (Wildman–Crippen MR) is 40.6 cm³/mol. The van der Waals surface area contributed by atoms with Gasteiger partial charge in [0.05, 0.1) is 10.5 Å². The molecule has 72 valence electrons. The molecule has 5 nitrogen and oxygen atoms in total. The second-order valence-electron chi connectivity index (χ2n) is 2.30. The van der Waals surface area contributed by atoms with Crippen LogP contribution in [0.25, 0.3) is 0 Å². The van der Waals surface area contributed by atoms with Crippen LogP contribution >= 0.6 is 0 Å². The van der Waals surface area contributed by atoms with Crippen LogP contribution < -0.4 is 0 Å². The first-order chi connectivity index (χ1) is 6.56. The first-order valence-electron chi connectivity index (χ1n) is 3.39. The Morgan fingerprint density at radius 1 is 1.64 bits per heavy atom. The molecule has 7 heteroatoms. The van der Waals surface area contributed by atoms with Gasteiger partial charge in [-0.1, -0.05) is 0 Å². The molecular weight excluding hydrogens is 196 g/mol. The summed E-state index contributed by atoms with van der Waals surface area (Å²) in [6, 6.07) is 2.20. The summed E-state index contributed by atoms with van der Waals surface area (Å²) in [5, 5.41) is 18.6. The van der Waals surface area contributed by atoms with Crippen molar-refractivity contribution in [1.29, 1.82) is 5.26 Å². The maximum absolute atomic E-state index is 12.2. The van der Waals surface area contributed by atoms with Crippen LogP contribution in [-0.2, 0) is 0 Å². The third-order valence-electron chi connectivity index (χ3n) is 1.44. The molecule has 0 bridgehead atoms. The Hall–Kier alpha value is -2.10. The van der Waals surface area contributed by atoms with Crippen molar-refractivity contribution in [2.24, 2.45) is 0 Å². The minimum Gasteiger partial charge on any atom is -0.258 e. The molecule has 0 aliphatic rings. The summed E-state index contributed by atoms with van der Waals surface area (Å²) in [6.07, 6.45) is -2.21. The summed E-state index contributed by atoms with van der Waals surface area (Å²) in [5.41, 5.74) is -1.70. The molecule has 0 atom stereocenters. The SMILES string of the molecule is N#Cc1cc([N+](=O)[O-])cnc1C(F)F. The molecular formula is C7H3F2N3O2. The highest BCUT2D eigenvalue weighted by molar-refractivity contribution is 5.42. The fourth-order valence-electron chi connectivity index (χ4n) is 0.828. The number of halogens is 2. The van der Waals surface area contributed by atoms with Gasteiger partial charge in [0.1, 0.15) is 18.0 Å². The number of hydrogen-bond donors (Lipinski definition) is 0. The van der Waals surface area contributed by atoms with E-state index >= 15 is 0 Å². The standard InChI is InChI=1S/C7H3F2N3O2/c8-7(9)6-4(2-10)1-5(3-11-6)12(13)14/h1,3,7H. The molecule has 14 heavy (non-hydrogen) atoms. The van der Waals surface area contributed by atoms with Crippen LogP contribution in [0.2, 0.25) is 0 Å². The summed E-state index contributed by atoms with van der Waals surface area (Å²) < 4.78 is 24.3. The highest BCUT2D eigenvalue weighted by atomic mass is 19.3. The predicted octanol–water partition coefficient (Wildman–Crippen LogP) is 1.80. The molecule has 0 N–H and O–H groups in total. The van der Waals surface area contributed by atoms with Crippen molar-refractivity contribution in [3.8, 4) is 6.07 Å². The van der Waals surface area contributed by atoms with Crippen molar-refractivity contribution in [1.82, 2.24) is 4.98 Å². The Balaban J connectivity index is 3.27. The van der Waals surface area contributed by atoms with E-state index in [0.717, 1.165) is 6.07 Å². The maximum Gasteiger partial charge on any atom is 0.288 e. The Labute approximate surface area is 76.8 Å². The zero-order valence-electron chi connectivity index (χ0n) is 6.65. The van der Waals surface area contributed by atoms with Gasteiger partial charge in [0.2, 0.25) is 0 Å². The van der Waals surface area contributed by atoms with E-state index in [1.54, 1.807) is 0 Å². The van der Waals surface area contributed by atoms with Crippen molar-refractivity contribution in [3.63, 3.8) is 0 Å². The van der Waals surface area contributed by atoms with E-state index in [4.69, 9.17) is 5.26 Å². The number of rotatable bonds is 2. The van der Waals surface area contributed by atoms with Crippen molar-refractivity contribution >= 4 is 5.69 Å². The fraction of sp³-hybridized carbons (Fsp3) is 0.143. The highest BCUT2D eigenvalue weighted by Gasteiger charge is 2.18. The van der Waals surface area contributed by atoms with Gasteiger partial charge in [-0.2, -0.15) is 5.26 Å². The van der Waals surface area contributed by atoms with Gasteiger partial charge in [0, 0.05) is 6.07 Å². The van der Waals surface area contributed by atoms with Gasteiger partial charge in [0.15, 0.2) is 0 Å². The molecule has 0 saturated heterocycles. The second kappa shape index (κ2) is 3.74. The minimum atomic E-state index is -2.91. The molecule has 0 saturated carbocycles. The number of nitriles is 1. The minimum absolute atomic E-state index is 0.478. The topological polar surface area (TPSA) is 79.8 Å². The van der Waals surface area contributed by atoms with Gasteiger partial charge in [-0.15, -0.1) is 0 Å². The van der Waals surface area contributed by atoms with Gasteiger partial charge in [-0.3, -0.25) is 10.1 Å². The van der Waals surface area contributed by atoms with E-state index in [-0.39, 0.29) is 0 Å². The average Bonchev–Trinajstić information content (AvgIpc) is 2.16. The summed E-state index contributed by atoms with van der Waals surface area (Å²) in [5.74, 6) is 0. The zero-order chi connectivity index (χ0) is 10.7. The van der Waals surface area contributed by atoms with Crippen LogP contribution in [0, 0.1) is 21.4 Å². The van der Waals surface area contributed by atoms with Gasteiger partial charge in [-0.25, -0.2) is 13.8 Å². The molecule has 0 aliphatic carbocycles. The summed E-state index contributed by atoms with van der Waals surface area (Å²) in [6.45, 7) is 0. The third kappa shape index (κ3) is 1.80. The van der Waals surface area contributed by atoms with E-state index in [9.17, 15) is 18.9 Å². The van der Waals surface area contributed by atoms with Crippen LogP contribution in [-0.4, -0.2) is 9.91 Å². The van der Waals surface area contributed by atoms with Crippen LogP contribution in [0.15, 0.2) is 12.3 Å². The first-order valence-corrected chi connectivity index (χ1v) is 3.39. The smallest absolute Gasteiger partial charge is 0.258 e. The summed E-state index contributed by atoms with van der Waals surface area (Å²) >= 11 is 0. The lowest BCUT2D eigenvalue weighted by atomic mass is 10.2. The Kier molecular flexibility index (Phi) is 2.67. The molecule has 0 spiro atoms. The van der Waals surface area contributed by atoms with Crippen molar-refractivity contribution < 1.29 is 13.7 Å². The first kappa shape index (κ1) is 9.98. The Morgan fingerprint density at radius 3 is 2.71 bits per heavy atom. The Bertz CT molecular complexity index is 414. The van der Waals surface area contributed by atoms with E-state index in [2.05, 4.69) is 4.98 Å². The Morgan fingerprint density at radius 2 is 2.29 bits per heavy atom. The van der Waals surface area contributed by atoms with E-state index in [0.29, 0.717) is 6.20 Å². The van der Waals surface area contributed by atoms with E-state index in [1.807, 2.05) is 0 Å². The molecule has 0 radical (unpaired) electrons. The maximum atomic E-state index is 12.2.